The van der Waals surface area contributed by atoms with Gasteiger partial charge in [0.25, 0.3) is 0 Å². The van der Waals surface area contributed by atoms with Crippen LogP contribution >= 0.6 is 69.6 Å². The zero-order valence-corrected chi connectivity index (χ0v) is 26.5. The molecule has 0 unspecified atom stereocenters. The molecule has 0 aliphatic carbocycles. The minimum atomic E-state index is -1.81. The number of carbonyl (C=O) groups excluding carboxylic acids is 3. The lowest BCUT2D eigenvalue weighted by Crippen LogP contribution is -2.53. The molecule has 0 saturated carbocycles. The highest BCUT2D eigenvalue weighted by molar-refractivity contribution is 6.36. The average molecular weight is 728 g/mol. The van der Waals surface area contributed by atoms with Gasteiger partial charge in [0.1, 0.15) is 12.7 Å². The molecular weight excluding hydrogens is 707 g/mol. The first-order chi connectivity index (χ1) is 20.8. The maximum Gasteiger partial charge on any atom is 0.412 e. The Morgan fingerprint density at radius 2 is 1.05 bits per heavy atom. The van der Waals surface area contributed by atoms with E-state index >= 15 is 0 Å². The molecule has 0 aromatic heterocycles. The van der Waals surface area contributed by atoms with Crippen molar-refractivity contribution in [2.24, 2.45) is 0 Å². The molecule has 4 rings (SSSR count). The second kappa shape index (κ2) is 15.4. The Morgan fingerprint density at radius 3 is 1.48 bits per heavy atom. The minimum absolute atomic E-state index is 0.169. The quantitative estimate of drug-likeness (QED) is 0.177. The summed E-state index contributed by atoms with van der Waals surface area (Å²) in [4.78, 5) is 37.8. The number of halogens is 6. The third-order valence-electron chi connectivity index (χ3n) is 5.70. The Kier molecular flexibility index (Phi) is 11.9. The number of hydrogen-bond acceptors (Lipinski definition) is 8. The van der Waals surface area contributed by atoms with Gasteiger partial charge in [0.15, 0.2) is 12.4 Å². The van der Waals surface area contributed by atoms with Crippen LogP contribution in [0.2, 0.25) is 30.1 Å². The Hall–Kier alpha value is -2.87. The minimum Gasteiger partial charge on any atom is -0.447 e. The summed E-state index contributed by atoms with van der Waals surface area (Å²) < 4.78 is 21.6. The van der Waals surface area contributed by atoms with Crippen molar-refractivity contribution in [2.45, 2.75) is 31.0 Å². The lowest BCUT2D eigenvalue weighted by atomic mass is 10.0. The smallest absolute Gasteiger partial charge is 0.412 e. The van der Waals surface area contributed by atoms with Crippen LogP contribution < -0.4 is 16.0 Å². The summed E-state index contributed by atoms with van der Waals surface area (Å²) in [7, 11) is 0. The van der Waals surface area contributed by atoms with Gasteiger partial charge in [-0.2, -0.15) is 0 Å². The largest absolute Gasteiger partial charge is 0.447 e. The van der Waals surface area contributed by atoms with Crippen molar-refractivity contribution in [3.63, 3.8) is 0 Å². The number of aliphatic hydroxyl groups is 1. The topological polar surface area (TPSA) is 144 Å². The standard InChI is InChI=1S/C27H21Cl6N3O8/c28-12-1-13(29)5-18(4-12)34-25(38)41-11-21-10-22(43-26(39)35-19-6-14(30)2-15(31)7-19)23(24(37)42-21)44-27(40)36-20-8-16(32)3-17(33)9-20/h1-9,21-24,37H,10-11H2,(H,34,38)(H,35,39)(H,36,40)/t21-,22+,23+,24+/m1/s1. The summed E-state index contributed by atoms with van der Waals surface area (Å²) in [6, 6.07) is 13.0. The highest BCUT2D eigenvalue weighted by Gasteiger charge is 2.43. The number of nitrogens with one attached hydrogen (secondary N) is 3. The third kappa shape index (κ3) is 10.4. The summed E-state index contributed by atoms with van der Waals surface area (Å²) in [5.74, 6) is 0. The van der Waals surface area contributed by atoms with Gasteiger partial charge in [-0.3, -0.25) is 16.0 Å². The van der Waals surface area contributed by atoms with Crippen molar-refractivity contribution >= 4 is 105 Å². The molecule has 44 heavy (non-hydrogen) atoms. The van der Waals surface area contributed by atoms with Crippen molar-refractivity contribution in [3.05, 3.63) is 84.7 Å². The number of hydrogen-bond donors (Lipinski definition) is 4. The number of benzene rings is 3. The molecule has 3 aromatic carbocycles. The molecule has 4 atom stereocenters. The fraction of sp³-hybridized carbons (Fsp3) is 0.222. The van der Waals surface area contributed by atoms with Crippen molar-refractivity contribution in [1.29, 1.82) is 0 Å². The molecule has 0 bridgehead atoms. The van der Waals surface area contributed by atoms with Crippen molar-refractivity contribution < 1.29 is 38.4 Å². The van der Waals surface area contributed by atoms with E-state index in [0.29, 0.717) is 10.0 Å². The number of carbonyl (C=O) groups is 3. The summed E-state index contributed by atoms with van der Waals surface area (Å²) in [6.07, 6.45) is -8.69. The van der Waals surface area contributed by atoms with Gasteiger partial charge in [0.2, 0.25) is 0 Å². The van der Waals surface area contributed by atoms with Gasteiger partial charge in [0, 0.05) is 53.6 Å². The zero-order chi connectivity index (χ0) is 32.0. The van der Waals surface area contributed by atoms with E-state index in [9.17, 15) is 19.5 Å². The molecular formula is C27H21Cl6N3O8. The van der Waals surface area contributed by atoms with Crippen molar-refractivity contribution in [1.82, 2.24) is 0 Å². The maximum atomic E-state index is 12.8. The van der Waals surface area contributed by atoms with Crippen LogP contribution in [0.5, 0.6) is 0 Å². The average Bonchev–Trinajstić information content (AvgIpc) is 2.87. The Labute approximate surface area is 280 Å². The molecule has 3 aromatic rings. The second-order valence-electron chi connectivity index (χ2n) is 9.15. The Balaban J connectivity index is 1.43. The van der Waals surface area contributed by atoms with E-state index in [1.54, 1.807) is 0 Å². The molecule has 1 aliphatic rings. The van der Waals surface area contributed by atoms with Gasteiger partial charge >= 0.3 is 18.3 Å². The number of ether oxygens (including phenoxy) is 4. The van der Waals surface area contributed by atoms with Crippen LogP contribution in [0.15, 0.2) is 54.6 Å². The number of amides is 3. The SMILES string of the molecule is O=C(Nc1cc(Cl)cc(Cl)c1)OC[C@H]1C[C@H](OC(=O)Nc2cc(Cl)cc(Cl)c2)[C@H](OC(=O)Nc2cc(Cl)cc(Cl)c2)[C@@H](O)O1. The van der Waals surface area contributed by atoms with Gasteiger partial charge in [0.05, 0.1) is 6.10 Å². The van der Waals surface area contributed by atoms with Crippen molar-refractivity contribution in [3.8, 4) is 0 Å². The van der Waals surface area contributed by atoms with E-state index in [2.05, 4.69) is 16.0 Å². The van der Waals surface area contributed by atoms with Gasteiger partial charge in [-0.15, -0.1) is 0 Å². The summed E-state index contributed by atoms with van der Waals surface area (Å²) in [5, 5.41) is 19.7. The molecule has 0 radical (unpaired) electrons. The van der Waals surface area contributed by atoms with Crippen LogP contribution in [0.25, 0.3) is 0 Å². The monoisotopic (exact) mass is 725 g/mol. The van der Waals surface area contributed by atoms with Gasteiger partial charge in [-0.05, 0) is 54.6 Å². The molecule has 234 valence electrons. The van der Waals surface area contributed by atoms with E-state index in [4.69, 9.17) is 88.6 Å². The second-order valence-corrected chi connectivity index (χ2v) is 11.8. The summed E-state index contributed by atoms with van der Waals surface area (Å²) >= 11 is 35.8. The lowest BCUT2D eigenvalue weighted by molar-refractivity contribution is -0.248. The molecule has 1 aliphatic heterocycles. The van der Waals surface area contributed by atoms with Gasteiger partial charge in [-0.1, -0.05) is 69.6 Å². The number of aliphatic hydroxyl groups excluding tert-OH is 1. The highest BCUT2D eigenvalue weighted by atomic mass is 35.5. The van der Waals surface area contributed by atoms with E-state index < -0.39 is 42.9 Å². The first kappa shape index (κ1) is 34.0. The van der Waals surface area contributed by atoms with Crippen LogP contribution in [0.3, 0.4) is 0 Å². The Bertz CT molecular complexity index is 1490. The van der Waals surface area contributed by atoms with Gasteiger partial charge in [-0.25, -0.2) is 14.4 Å². The predicted molar refractivity (Wildman–Crippen MR) is 168 cm³/mol. The lowest BCUT2D eigenvalue weighted by Gasteiger charge is -2.38. The van der Waals surface area contributed by atoms with E-state index in [0.717, 1.165) is 0 Å². The summed E-state index contributed by atoms with van der Waals surface area (Å²) in [5.41, 5.74) is 0.687. The van der Waals surface area contributed by atoms with Crippen LogP contribution in [-0.2, 0) is 18.9 Å². The third-order valence-corrected chi connectivity index (χ3v) is 7.01. The van der Waals surface area contributed by atoms with E-state index in [1.807, 2.05) is 0 Å². The first-order valence-electron chi connectivity index (χ1n) is 12.4. The maximum absolute atomic E-state index is 12.8. The van der Waals surface area contributed by atoms with Crippen LogP contribution in [-0.4, -0.2) is 54.6 Å². The predicted octanol–water partition coefficient (Wildman–Crippen LogP) is 8.50. The van der Waals surface area contributed by atoms with Gasteiger partial charge < -0.3 is 24.1 Å². The van der Waals surface area contributed by atoms with Crippen LogP contribution in [0.1, 0.15) is 6.42 Å². The molecule has 4 N–H and O–H groups in total. The molecule has 3 amide bonds. The fourth-order valence-electron chi connectivity index (χ4n) is 4.02. The Morgan fingerprint density at radius 1 is 0.659 bits per heavy atom. The van der Waals surface area contributed by atoms with Crippen LogP contribution in [0, 0.1) is 0 Å². The molecule has 1 fully saturated rings. The molecule has 11 nitrogen and oxygen atoms in total. The zero-order valence-electron chi connectivity index (χ0n) is 22.0. The van der Waals surface area contributed by atoms with E-state index in [1.165, 1.54) is 54.6 Å². The summed E-state index contributed by atoms with van der Waals surface area (Å²) in [6.45, 7) is -0.386. The molecule has 17 heteroatoms. The first-order valence-corrected chi connectivity index (χ1v) is 14.7. The normalized spacial score (nSPS) is 19.4. The molecule has 1 heterocycles. The number of anilines is 3. The van der Waals surface area contributed by atoms with Crippen LogP contribution in [0.4, 0.5) is 31.4 Å². The number of rotatable bonds is 7. The van der Waals surface area contributed by atoms with E-state index in [-0.39, 0.29) is 50.2 Å². The molecule has 0 spiro atoms. The highest BCUT2D eigenvalue weighted by Crippen LogP contribution is 2.28. The fourth-order valence-corrected chi connectivity index (χ4v) is 5.60. The van der Waals surface area contributed by atoms with Crippen molar-refractivity contribution in [2.75, 3.05) is 22.6 Å². The molecule has 1 saturated heterocycles.